The molecular formula is C8H8N6O3S. The molecule has 0 fully saturated rings. The van der Waals surface area contributed by atoms with Gasteiger partial charge in [-0.3, -0.25) is 10.1 Å². The minimum Gasteiger partial charge on any atom is -0.416 e. The van der Waals surface area contributed by atoms with E-state index < -0.39 is 4.92 Å². The van der Waals surface area contributed by atoms with Gasteiger partial charge in [-0.25, -0.2) is 9.97 Å². The minimum atomic E-state index is -0.558. The Kier molecular flexibility index (Phi) is 3.37. The van der Waals surface area contributed by atoms with Crippen LogP contribution in [0.5, 0.6) is 0 Å². The Morgan fingerprint density at radius 2 is 2.22 bits per heavy atom. The maximum absolute atomic E-state index is 11.0. The van der Waals surface area contributed by atoms with Crippen molar-refractivity contribution in [2.45, 2.75) is 17.2 Å². The molecular weight excluding hydrogens is 260 g/mol. The van der Waals surface area contributed by atoms with Crippen molar-refractivity contribution in [3.8, 4) is 0 Å². The summed E-state index contributed by atoms with van der Waals surface area (Å²) in [6.07, 6.45) is 1.23. The molecule has 0 aliphatic heterocycles. The summed E-state index contributed by atoms with van der Waals surface area (Å²) in [5, 5.41) is 21.3. The average molecular weight is 268 g/mol. The number of nitrogens with zero attached hydrogens (tertiary/aromatic N) is 5. The molecule has 2 aromatic rings. The first-order valence-corrected chi connectivity index (χ1v) is 5.58. The van der Waals surface area contributed by atoms with E-state index in [9.17, 15) is 10.1 Å². The molecule has 0 radical (unpaired) electrons. The maximum atomic E-state index is 11.0. The number of anilines is 1. The topological polar surface area (TPSA) is 120 Å². The van der Waals surface area contributed by atoms with Gasteiger partial charge in [-0.2, -0.15) is 0 Å². The summed E-state index contributed by atoms with van der Waals surface area (Å²) in [6, 6.07) is 0. The Morgan fingerprint density at radius 1 is 1.44 bits per heavy atom. The summed E-state index contributed by atoms with van der Waals surface area (Å²) in [5.41, 5.74) is -0.221. The average Bonchev–Trinajstić information content (AvgIpc) is 2.74. The molecule has 2 heterocycles. The lowest BCUT2D eigenvalue weighted by atomic mass is 10.5. The summed E-state index contributed by atoms with van der Waals surface area (Å²) >= 11 is 0.920. The highest BCUT2D eigenvalue weighted by Gasteiger charge is 2.24. The first kappa shape index (κ1) is 12.2. The van der Waals surface area contributed by atoms with Crippen LogP contribution in [0.1, 0.15) is 5.89 Å². The number of aromatic nitrogens is 4. The third-order valence-corrected chi connectivity index (χ3v) is 2.73. The molecule has 0 atom stereocenters. The lowest BCUT2D eigenvalue weighted by Crippen LogP contribution is -2.02. The molecule has 0 aliphatic rings. The molecule has 0 unspecified atom stereocenters. The highest BCUT2D eigenvalue weighted by atomic mass is 32.2. The molecule has 0 spiro atoms. The van der Waals surface area contributed by atoms with Crippen molar-refractivity contribution < 1.29 is 9.34 Å². The zero-order valence-corrected chi connectivity index (χ0v) is 10.3. The van der Waals surface area contributed by atoms with E-state index in [1.54, 1.807) is 14.0 Å². The van der Waals surface area contributed by atoms with Gasteiger partial charge in [0.2, 0.25) is 11.7 Å². The summed E-state index contributed by atoms with van der Waals surface area (Å²) in [7, 11) is 1.54. The number of hydrogen-bond donors (Lipinski definition) is 1. The van der Waals surface area contributed by atoms with Gasteiger partial charge in [-0.15, -0.1) is 10.2 Å². The third kappa shape index (κ3) is 2.37. The summed E-state index contributed by atoms with van der Waals surface area (Å²) in [4.78, 5) is 18.1. The van der Waals surface area contributed by atoms with Crippen molar-refractivity contribution in [3.63, 3.8) is 0 Å². The van der Waals surface area contributed by atoms with E-state index >= 15 is 0 Å². The SMILES string of the molecule is CNc1ncnc(Sc2nnc(C)o2)c1[N+](=O)[O-]. The zero-order valence-electron chi connectivity index (χ0n) is 9.45. The molecule has 0 bridgehead atoms. The largest absolute Gasteiger partial charge is 0.416 e. The highest BCUT2D eigenvalue weighted by Crippen LogP contribution is 2.35. The summed E-state index contributed by atoms with van der Waals surface area (Å²) < 4.78 is 5.13. The zero-order chi connectivity index (χ0) is 13.1. The van der Waals surface area contributed by atoms with E-state index in [4.69, 9.17) is 4.42 Å². The van der Waals surface area contributed by atoms with Crippen molar-refractivity contribution in [1.29, 1.82) is 0 Å². The van der Waals surface area contributed by atoms with Gasteiger partial charge in [0.25, 0.3) is 5.22 Å². The van der Waals surface area contributed by atoms with Crippen LogP contribution in [-0.4, -0.2) is 32.1 Å². The van der Waals surface area contributed by atoms with Crippen molar-refractivity contribution in [2.24, 2.45) is 0 Å². The Hall–Kier alpha value is -2.23. The molecule has 94 valence electrons. The Labute approximate surface area is 105 Å². The fourth-order valence-electron chi connectivity index (χ4n) is 1.19. The highest BCUT2D eigenvalue weighted by molar-refractivity contribution is 7.99. The normalized spacial score (nSPS) is 10.3. The van der Waals surface area contributed by atoms with Crippen LogP contribution >= 0.6 is 11.8 Å². The summed E-state index contributed by atoms with van der Waals surface area (Å²) in [5.74, 6) is 0.511. The van der Waals surface area contributed by atoms with E-state index in [1.807, 2.05) is 0 Å². The maximum Gasteiger partial charge on any atom is 0.343 e. The number of nitro groups is 1. The van der Waals surface area contributed by atoms with Crippen LogP contribution in [0.25, 0.3) is 0 Å². The van der Waals surface area contributed by atoms with Crippen LogP contribution in [-0.2, 0) is 0 Å². The van der Waals surface area contributed by atoms with Crippen molar-refractivity contribution in [2.75, 3.05) is 12.4 Å². The van der Waals surface area contributed by atoms with Crippen molar-refractivity contribution >= 4 is 23.3 Å². The predicted octanol–water partition coefficient (Wildman–Crippen LogP) is 1.27. The quantitative estimate of drug-likeness (QED) is 0.496. The van der Waals surface area contributed by atoms with Gasteiger partial charge < -0.3 is 9.73 Å². The van der Waals surface area contributed by atoms with Gasteiger partial charge in [0.1, 0.15) is 6.33 Å². The molecule has 0 saturated carbocycles. The predicted molar refractivity (Wildman–Crippen MR) is 61.4 cm³/mol. The summed E-state index contributed by atoms with van der Waals surface area (Å²) in [6.45, 7) is 1.63. The molecule has 18 heavy (non-hydrogen) atoms. The first-order chi connectivity index (χ1) is 8.61. The first-order valence-electron chi connectivity index (χ1n) is 4.77. The van der Waals surface area contributed by atoms with E-state index in [1.165, 1.54) is 6.33 Å². The molecule has 2 aromatic heterocycles. The van der Waals surface area contributed by atoms with Crippen molar-refractivity contribution in [1.82, 2.24) is 20.2 Å². The van der Waals surface area contributed by atoms with E-state index in [2.05, 4.69) is 25.5 Å². The van der Waals surface area contributed by atoms with E-state index in [0.717, 1.165) is 11.8 Å². The Morgan fingerprint density at radius 3 is 2.78 bits per heavy atom. The van der Waals surface area contributed by atoms with Crippen molar-refractivity contribution in [3.05, 3.63) is 22.3 Å². The van der Waals surface area contributed by atoms with Crippen LogP contribution < -0.4 is 5.32 Å². The second kappa shape index (κ2) is 4.96. The van der Waals surface area contributed by atoms with Gasteiger partial charge in [0.05, 0.1) is 4.92 Å². The molecule has 9 nitrogen and oxygen atoms in total. The van der Waals surface area contributed by atoms with Gasteiger partial charge in [0, 0.05) is 14.0 Å². The molecule has 1 N–H and O–H groups in total. The van der Waals surface area contributed by atoms with Gasteiger partial charge in [-0.1, -0.05) is 0 Å². The van der Waals surface area contributed by atoms with Gasteiger partial charge >= 0.3 is 5.69 Å². The van der Waals surface area contributed by atoms with E-state index in [-0.39, 0.29) is 21.8 Å². The molecule has 0 amide bonds. The molecule has 0 aromatic carbocycles. The van der Waals surface area contributed by atoms with Crippen LogP contribution in [0.2, 0.25) is 0 Å². The van der Waals surface area contributed by atoms with Crippen LogP contribution in [0.3, 0.4) is 0 Å². The second-order valence-electron chi connectivity index (χ2n) is 3.07. The van der Waals surface area contributed by atoms with Gasteiger partial charge in [-0.05, 0) is 11.8 Å². The van der Waals surface area contributed by atoms with Crippen LogP contribution in [0.15, 0.2) is 21.0 Å². The second-order valence-corrected chi connectivity index (χ2v) is 4.01. The molecule has 2 rings (SSSR count). The van der Waals surface area contributed by atoms with E-state index in [0.29, 0.717) is 5.89 Å². The third-order valence-electron chi connectivity index (χ3n) is 1.90. The smallest absolute Gasteiger partial charge is 0.343 e. The molecule has 0 aliphatic carbocycles. The van der Waals surface area contributed by atoms with Crippen LogP contribution in [0.4, 0.5) is 11.5 Å². The lowest BCUT2D eigenvalue weighted by molar-refractivity contribution is -0.387. The lowest BCUT2D eigenvalue weighted by Gasteiger charge is -2.02. The number of aryl methyl sites for hydroxylation is 1. The molecule has 0 saturated heterocycles. The fourth-order valence-corrected chi connectivity index (χ4v) is 1.96. The fraction of sp³-hybridized carbons (Fsp3) is 0.250. The van der Waals surface area contributed by atoms with Gasteiger partial charge in [0.15, 0.2) is 5.03 Å². The standard InChI is InChI=1S/C8H8N6O3S/c1-4-12-13-8(17-4)18-7-5(14(15)16)6(9-2)10-3-11-7/h3H,1-2H3,(H,9,10,11). The minimum absolute atomic E-state index is 0.133. The Balaban J connectivity index is 2.41. The van der Waals surface area contributed by atoms with Crippen LogP contribution in [0, 0.1) is 17.0 Å². The Bertz CT molecular complexity index is 586. The molecule has 10 heteroatoms. The number of rotatable bonds is 4. The number of nitrogens with one attached hydrogen (secondary N) is 1. The number of hydrogen-bond acceptors (Lipinski definition) is 9. The monoisotopic (exact) mass is 268 g/mol.